The van der Waals surface area contributed by atoms with Crippen molar-refractivity contribution < 1.29 is 9.21 Å². The van der Waals surface area contributed by atoms with Crippen molar-refractivity contribution in [3.8, 4) is 0 Å². The molecule has 0 radical (unpaired) electrons. The van der Waals surface area contributed by atoms with Gasteiger partial charge in [-0.25, -0.2) is 0 Å². The zero-order chi connectivity index (χ0) is 13.9. The average Bonchev–Trinajstić information content (AvgIpc) is 3.12. The Morgan fingerprint density at radius 1 is 1.35 bits per heavy atom. The fourth-order valence-corrected chi connectivity index (χ4v) is 2.41. The third-order valence-corrected chi connectivity index (χ3v) is 3.42. The second kappa shape index (κ2) is 5.50. The van der Waals surface area contributed by atoms with Crippen molar-refractivity contribution in [1.29, 1.82) is 0 Å². The van der Waals surface area contributed by atoms with Gasteiger partial charge in [-0.3, -0.25) is 14.4 Å². The lowest BCUT2D eigenvalue weighted by atomic mass is 10.4. The van der Waals surface area contributed by atoms with Crippen molar-refractivity contribution in [2.45, 2.75) is 19.4 Å². The molecule has 0 unspecified atom stereocenters. The fourth-order valence-electron chi connectivity index (χ4n) is 2.41. The largest absolute Gasteiger partial charge is 0.455 e. The normalized spacial score (nSPS) is 15.7. The van der Waals surface area contributed by atoms with Crippen LogP contribution < -0.4 is 5.32 Å². The predicted octanol–water partition coefficient (Wildman–Crippen LogP) is 1.86. The van der Waals surface area contributed by atoms with Crippen LogP contribution in [0.4, 0.5) is 5.82 Å². The minimum atomic E-state index is -0.267. The number of likely N-dealkylation sites (tertiary alicyclic amines) is 1. The zero-order valence-corrected chi connectivity index (χ0v) is 11.5. The molecule has 20 heavy (non-hydrogen) atoms. The first-order chi connectivity index (χ1) is 9.70. The Kier molecular flexibility index (Phi) is 3.56. The summed E-state index contributed by atoms with van der Waals surface area (Å²) >= 11 is 0. The summed E-state index contributed by atoms with van der Waals surface area (Å²) in [7, 11) is 1.80. The Bertz CT molecular complexity index is 596. The van der Waals surface area contributed by atoms with E-state index >= 15 is 0 Å². The van der Waals surface area contributed by atoms with Crippen LogP contribution in [-0.2, 0) is 13.6 Å². The predicted molar refractivity (Wildman–Crippen MR) is 74.4 cm³/mol. The van der Waals surface area contributed by atoms with E-state index in [4.69, 9.17) is 4.42 Å². The van der Waals surface area contributed by atoms with Gasteiger partial charge in [-0.1, -0.05) is 0 Å². The summed E-state index contributed by atoms with van der Waals surface area (Å²) in [5.74, 6) is 1.41. The van der Waals surface area contributed by atoms with Crippen LogP contribution >= 0.6 is 0 Å². The minimum Gasteiger partial charge on any atom is -0.455 e. The summed E-state index contributed by atoms with van der Waals surface area (Å²) in [6, 6.07) is 5.32. The summed E-state index contributed by atoms with van der Waals surface area (Å²) in [4.78, 5) is 14.3. The first-order valence-electron chi connectivity index (χ1n) is 6.83. The quantitative estimate of drug-likeness (QED) is 0.924. The molecule has 0 bridgehead atoms. The topological polar surface area (TPSA) is 63.3 Å². The van der Waals surface area contributed by atoms with Gasteiger partial charge in [0.25, 0.3) is 5.91 Å². The number of carbonyl (C=O) groups excluding carboxylic acids is 1. The highest BCUT2D eigenvalue weighted by Crippen LogP contribution is 2.16. The fraction of sp³-hybridized carbons (Fsp3) is 0.429. The maximum absolute atomic E-state index is 12.0. The SMILES string of the molecule is Cn1ccc(NC(=O)c2ccc(CN3CCCC3)o2)n1. The van der Waals surface area contributed by atoms with E-state index in [9.17, 15) is 4.79 Å². The number of carbonyl (C=O) groups is 1. The molecule has 2 aromatic heterocycles. The molecule has 1 aliphatic heterocycles. The molecule has 0 atom stereocenters. The lowest BCUT2D eigenvalue weighted by molar-refractivity contribution is 0.0993. The van der Waals surface area contributed by atoms with Crippen LogP contribution in [0.15, 0.2) is 28.8 Å². The highest BCUT2D eigenvalue weighted by Gasteiger charge is 2.16. The summed E-state index contributed by atoms with van der Waals surface area (Å²) in [5, 5.41) is 6.81. The number of hydrogen-bond acceptors (Lipinski definition) is 4. The van der Waals surface area contributed by atoms with Crippen molar-refractivity contribution in [3.63, 3.8) is 0 Å². The van der Waals surface area contributed by atoms with Gasteiger partial charge in [0.05, 0.1) is 6.54 Å². The molecule has 0 aromatic carbocycles. The van der Waals surface area contributed by atoms with Crippen LogP contribution in [0.25, 0.3) is 0 Å². The summed E-state index contributed by atoms with van der Waals surface area (Å²) in [6.07, 6.45) is 4.26. The van der Waals surface area contributed by atoms with Gasteiger partial charge in [-0.05, 0) is 38.1 Å². The van der Waals surface area contributed by atoms with Crippen molar-refractivity contribution >= 4 is 11.7 Å². The van der Waals surface area contributed by atoms with Gasteiger partial charge in [0, 0.05) is 19.3 Å². The van der Waals surface area contributed by atoms with Crippen molar-refractivity contribution in [1.82, 2.24) is 14.7 Å². The molecule has 106 valence electrons. The molecular weight excluding hydrogens is 256 g/mol. The van der Waals surface area contributed by atoms with Crippen molar-refractivity contribution in [3.05, 3.63) is 35.9 Å². The number of aromatic nitrogens is 2. The van der Waals surface area contributed by atoms with E-state index in [1.807, 2.05) is 6.07 Å². The lowest BCUT2D eigenvalue weighted by Crippen LogP contribution is -2.18. The average molecular weight is 274 g/mol. The first-order valence-corrected chi connectivity index (χ1v) is 6.83. The van der Waals surface area contributed by atoms with Gasteiger partial charge in [-0.15, -0.1) is 0 Å². The number of hydrogen-bond donors (Lipinski definition) is 1. The molecule has 1 N–H and O–H groups in total. The van der Waals surface area contributed by atoms with Gasteiger partial charge in [-0.2, -0.15) is 5.10 Å². The Hall–Kier alpha value is -2.08. The van der Waals surface area contributed by atoms with Gasteiger partial charge in [0.15, 0.2) is 11.6 Å². The Balaban J connectivity index is 1.62. The van der Waals surface area contributed by atoms with E-state index in [0.717, 1.165) is 25.4 Å². The van der Waals surface area contributed by atoms with E-state index in [0.29, 0.717) is 11.6 Å². The maximum Gasteiger partial charge on any atom is 0.292 e. The van der Waals surface area contributed by atoms with Crippen molar-refractivity contribution in [2.75, 3.05) is 18.4 Å². The molecule has 0 aliphatic carbocycles. The van der Waals surface area contributed by atoms with Crippen LogP contribution in [0.2, 0.25) is 0 Å². The minimum absolute atomic E-state index is 0.267. The Morgan fingerprint density at radius 2 is 2.15 bits per heavy atom. The number of aryl methyl sites for hydroxylation is 1. The summed E-state index contributed by atoms with van der Waals surface area (Å²) < 4.78 is 7.23. The molecule has 1 aliphatic rings. The van der Waals surface area contributed by atoms with Crippen LogP contribution in [0.1, 0.15) is 29.2 Å². The van der Waals surface area contributed by atoms with Gasteiger partial charge >= 0.3 is 0 Å². The second-order valence-corrected chi connectivity index (χ2v) is 5.08. The number of rotatable bonds is 4. The molecule has 3 heterocycles. The third kappa shape index (κ3) is 2.91. The van der Waals surface area contributed by atoms with E-state index in [-0.39, 0.29) is 5.91 Å². The first kappa shape index (κ1) is 12.9. The molecule has 3 rings (SSSR count). The lowest BCUT2D eigenvalue weighted by Gasteiger charge is -2.11. The number of amides is 1. The molecule has 1 amide bonds. The molecule has 2 aromatic rings. The second-order valence-electron chi connectivity index (χ2n) is 5.08. The van der Waals surface area contributed by atoms with Crippen LogP contribution in [0.5, 0.6) is 0 Å². The van der Waals surface area contributed by atoms with E-state index < -0.39 is 0 Å². The van der Waals surface area contributed by atoms with E-state index in [1.165, 1.54) is 12.8 Å². The van der Waals surface area contributed by atoms with Gasteiger partial charge in [0.1, 0.15) is 5.76 Å². The zero-order valence-electron chi connectivity index (χ0n) is 11.5. The van der Waals surface area contributed by atoms with E-state index in [1.54, 1.807) is 30.1 Å². The molecular formula is C14H18N4O2. The summed E-state index contributed by atoms with van der Waals surface area (Å²) in [5.41, 5.74) is 0. The molecule has 1 fully saturated rings. The Labute approximate surface area is 117 Å². The Morgan fingerprint density at radius 3 is 2.85 bits per heavy atom. The van der Waals surface area contributed by atoms with Gasteiger partial charge < -0.3 is 9.73 Å². The number of anilines is 1. The molecule has 6 nitrogen and oxygen atoms in total. The van der Waals surface area contributed by atoms with E-state index in [2.05, 4.69) is 15.3 Å². The molecule has 1 saturated heterocycles. The van der Waals surface area contributed by atoms with Crippen LogP contribution in [-0.4, -0.2) is 33.7 Å². The van der Waals surface area contributed by atoms with Crippen LogP contribution in [0.3, 0.4) is 0 Å². The van der Waals surface area contributed by atoms with Crippen molar-refractivity contribution in [2.24, 2.45) is 7.05 Å². The highest BCUT2D eigenvalue weighted by molar-refractivity contribution is 6.01. The number of furan rings is 1. The molecule has 0 saturated carbocycles. The number of nitrogens with zero attached hydrogens (tertiary/aromatic N) is 3. The molecule has 6 heteroatoms. The highest BCUT2D eigenvalue weighted by atomic mass is 16.4. The number of nitrogens with one attached hydrogen (secondary N) is 1. The van der Waals surface area contributed by atoms with Crippen LogP contribution in [0, 0.1) is 0 Å². The standard InChI is InChI=1S/C14H18N4O2/c1-17-9-6-13(16-17)15-14(19)12-5-4-11(20-12)10-18-7-2-3-8-18/h4-6,9H,2-3,7-8,10H2,1H3,(H,15,16,19). The monoisotopic (exact) mass is 274 g/mol. The maximum atomic E-state index is 12.0. The summed E-state index contributed by atoms with van der Waals surface area (Å²) in [6.45, 7) is 2.99. The van der Waals surface area contributed by atoms with Gasteiger partial charge in [0.2, 0.25) is 0 Å². The smallest absolute Gasteiger partial charge is 0.292 e. The molecule has 0 spiro atoms. The third-order valence-electron chi connectivity index (χ3n) is 3.42.